The van der Waals surface area contributed by atoms with E-state index in [2.05, 4.69) is 5.73 Å². The van der Waals surface area contributed by atoms with Crippen molar-refractivity contribution < 1.29 is 30.5 Å². The van der Waals surface area contributed by atoms with Gasteiger partial charge in [-0.3, -0.25) is 4.55 Å². The molecule has 2 heterocycles. The Hall–Kier alpha value is -2.18. The Morgan fingerprint density at radius 3 is 2.55 bits per heavy atom. The number of fused-ring (bicyclic) bond motifs is 2. The SMILES string of the molecule is O=S(=O)([O-])CC[n+]1c(CC=C=C2Sc3ccccc3N2CCS(=O)(=O)O)sc2ccccc21. The van der Waals surface area contributed by atoms with E-state index < -0.39 is 31.7 Å². The third-order valence-corrected chi connectivity index (χ3v) is 8.60. The Balaban J connectivity index is 1.64. The number of hydrogen-bond acceptors (Lipinski definition) is 8. The van der Waals surface area contributed by atoms with E-state index in [1.807, 2.05) is 59.2 Å². The maximum absolute atomic E-state index is 11.3. The molecule has 33 heavy (non-hydrogen) atoms. The summed E-state index contributed by atoms with van der Waals surface area (Å²) in [6.45, 7) is 0.152. The summed E-state index contributed by atoms with van der Waals surface area (Å²) in [6, 6.07) is 15.1. The number of rotatable bonds is 8. The first kappa shape index (κ1) is 24.0. The predicted octanol–water partition coefficient (Wildman–Crippen LogP) is 2.77. The van der Waals surface area contributed by atoms with E-state index in [9.17, 15) is 25.9 Å². The van der Waals surface area contributed by atoms with Crippen LogP contribution in [-0.4, -0.2) is 44.0 Å². The Morgan fingerprint density at radius 2 is 1.79 bits per heavy atom. The van der Waals surface area contributed by atoms with Gasteiger partial charge in [-0.1, -0.05) is 53.1 Å². The molecule has 8 nitrogen and oxygen atoms in total. The van der Waals surface area contributed by atoms with Crippen LogP contribution >= 0.6 is 23.1 Å². The first-order valence-corrected chi connectivity index (χ1v) is 14.7. The Labute approximate surface area is 200 Å². The summed E-state index contributed by atoms with van der Waals surface area (Å²) in [5.41, 5.74) is 4.93. The molecule has 1 aliphatic rings. The molecule has 1 aliphatic heterocycles. The molecule has 1 N–H and O–H groups in total. The van der Waals surface area contributed by atoms with Gasteiger partial charge in [0.2, 0.25) is 10.5 Å². The van der Waals surface area contributed by atoms with Gasteiger partial charge in [0.05, 0.1) is 23.6 Å². The molecule has 12 heteroatoms. The maximum atomic E-state index is 11.3. The number of thiazole rings is 1. The van der Waals surface area contributed by atoms with Crippen molar-refractivity contribution in [2.75, 3.05) is 23.0 Å². The molecule has 4 rings (SSSR count). The molecule has 0 amide bonds. The average Bonchev–Trinajstić information content (AvgIpc) is 3.27. The summed E-state index contributed by atoms with van der Waals surface area (Å²) in [7, 11) is -8.47. The second-order valence-electron chi connectivity index (χ2n) is 7.24. The standard InChI is InChI=1S/C21H20N2O6S4/c24-32(25,26)14-12-22-16-6-1-3-8-18(16)30-20(22)10-5-11-21-23(13-15-33(27,28)29)17-7-2-4-9-19(17)31-21/h1-9H,10,12-15H2,(H-,24,25,26,27,28,29). The number of nitrogens with zero attached hydrogens (tertiary/aromatic N) is 2. The lowest BCUT2D eigenvalue weighted by molar-refractivity contribution is -0.669. The fourth-order valence-corrected chi connectivity index (χ4v) is 6.53. The number of anilines is 1. The molecule has 0 saturated carbocycles. The minimum atomic E-state index is -4.35. The van der Waals surface area contributed by atoms with Gasteiger partial charge >= 0.3 is 0 Å². The van der Waals surface area contributed by atoms with Gasteiger partial charge in [0, 0.05) is 17.5 Å². The van der Waals surface area contributed by atoms with Gasteiger partial charge in [0.25, 0.3) is 10.1 Å². The monoisotopic (exact) mass is 524 g/mol. The quantitative estimate of drug-likeness (QED) is 0.271. The van der Waals surface area contributed by atoms with Crippen molar-refractivity contribution in [1.29, 1.82) is 0 Å². The van der Waals surface area contributed by atoms with Crippen molar-refractivity contribution in [3.8, 4) is 0 Å². The van der Waals surface area contributed by atoms with Crippen LogP contribution in [0.25, 0.3) is 10.2 Å². The van der Waals surface area contributed by atoms with Gasteiger partial charge in [0.15, 0.2) is 6.54 Å². The topological polar surface area (TPSA) is 119 Å². The van der Waals surface area contributed by atoms with Crippen molar-refractivity contribution in [2.24, 2.45) is 0 Å². The van der Waals surface area contributed by atoms with E-state index >= 15 is 0 Å². The largest absolute Gasteiger partial charge is 0.748 e. The maximum Gasteiger partial charge on any atom is 0.266 e. The molecule has 0 unspecified atom stereocenters. The molecule has 0 atom stereocenters. The van der Waals surface area contributed by atoms with Crippen LogP contribution in [0.5, 0.6) is 0 Å². The van der Waals surface area contributed by atoms with E-state index in [1.54, 1.807) is 4.90 Å². The molecule has 0 spiro atoms. The molecule has 1 aromatic heterocycles. The van der Waals surface area contributed by atoms with Crippen LogP contribution in [0.1, 0.15) is 5.01 Å². The molecule has 3 aromatic rings. The number of hydrogen-bond donors (Lipinski definition) is 1. The highest BCUT2D eigenvalue weighted by atomic mass is 32.2. The fourth-order valence-electron chi connectivity index (χ4n) is 3.48. The number of aromatic nitrogens is 1. The van der Waals surface area contributed by atoms with Crippen molar-refractivity contribution >= 4 is 59.2 Å². The molecule has 2 aromatic carbocycles. The lowest BCUT2D eigenvalue weighted by atomic mass is 10.3. The summed E-state index contributed by atoms with van der Waals surface area (Å²) in [4.78, 5) is 2.76. The molecule has 0 saturated heterocycles. The summed E-state index contributed by atoms with van der Waals surface area (Å²) in [5.74, 6) is -0.905. The van der Waals surface area contributed by atoms with Crippen molar-refractivity contribution in [3.05, 3.63) is 70.4 Å². The normalized spacial score (nSPS) is 13.9. The van der Waals surface area contributed by atoms with Crippen LogP contribution < -0.4 is 9.47 Å². The number of aryl methyl sites for hydroxylation is 1. The molecule has 174 valence electrons. The predicted molar refractivity (Wildman–Crippen MR) is 128 cm³/mol. The summed E-state index contributed by atoms with van der Waals surface area (Å²) in [6.07, 6.45) is 2.26. The van der Waals surface area contributed by atoms with Crippen LogP contribution in [0, 0.1) is 0 Å². The molecule has 0 aliphatic carbocycles. The Bertz CT molecular complexity index is 1470. The fraction of sp³-hybridized carbons (Fsp3) is 0.238. The third-order valence-electron chi connectivity index (χ3n) is 4.93. The van der Waals surface area contributed by atoms with E-state index in [0.717, 1.165) is 25.8 Å². The molecule has 0 radical (unpaired) electrons. The number of benzene rings is 2. The summed E-state index contributed by atoms with van der Waals surface area (Å²) in [5, 5.41) is 1.58. The number of allylic oxidation sites excluding steroid dienone is 1. The molecular formula is C21H20N2O6S4. The Kier molecular flexibility index (Phi) is 6.96. The third kappa shape index (κ3) is 6.04. The van der Waals surface area contributed by atoms with Crippen molar-refractivity contribution in [3.63, 3.8) is 0 Å². The number of thioether (sulfide) groups is 1. The van der Waals surface area contributed by atoms with Gasteiger partial charge in [-0.25, -0.2) is 8.42 Å². The van der Waals surface area contributed by atoms with Gasteiger partial charge in [-0.05, 0) is 24.3 Å². The Morgan fingerprint density at radius 1 is 1.06 bits per heavy atom. The zero-order chi connectivity index (χ0) is 23.6. The van der Waals surface area contributed by atoms with E-state index in [0.29, 0.717) is 11.4 Å². The first-order valence-electron chi connectivity index (χ1n) is 9.89. The van der Waals surface area contributed by atoms with E-state index in [-0.39, 0.29) is 13.1 Å². The number of para-hydroxylation sites is 2. The highest BCUT2D eigenvalue weighted by molar-refractivity contribution is 8.03. The zero-order valence-corrected chi connectivity index (χ0v) is 20.5. The van der Waals surface area contributed by atoms with Gasteiger partial charge in [-0.15, -0.1) is 0 Å². The van der Waals surface area contributed by atoms with Crippen LogP contribution in [0.15, 0.2) is 70.3 Å². The van der Waals surface area contributed by atoms with Gasteiger partial charge in [0.1, 0.15) is 19.8 Å². The molecule has 0 fully saturated rings. The van der Waals surface area contributed by atoms with Crippen LogP contribution in [0.3, 0.4) is 0 Å². The van der Waals surface area contributed by atoms with E-state index in [1.165, 1.54) is 23.1 Å². The summed E-state index contributed by atoms with van der Waals surface area (Å²) >= 11 is 2.96. The minimum Gasteiger partial charge on any atom is -0.748 e. The van der Waals surface area contributed by atoms with Crippen molar-refractivity contribution in [2.45, 2.75) is 17.9 Å². The van der Waals surface area contributed by atoms with Gasteiger partial charge in [-0.2, -0.15) is 13.0 Å². The smallest absolute Gasteiger partial charge is 0.266 e. The minimum absolute atomic E-state index is 0.0657. The lowest BCUT2D eigenvalue weighted by Crippen LogP contribution is -2.39. The highest BCUT2D eigenvalue weighted by Crippen LogP contribution is 2.45. The van der Waals surface area contributed by atoms with Crippen LogP contribution in [0.2, 0.25) is 0 Å². The zero-order valence-electron chi connectivity index (χ0n) is 17.2. The second kappa shape index (κ2) is 9.59. The molecule has 0 bridgehead atoms. The lowest BCUT2D eigenvalue weighted by Gasteiger charge is -2.18. The van der Waals surface area contributed by atoms with E-state index in [4.69, 9.17) is 0 Å². The first-order chi connectivity index (χ1) is 15.6. The van der Waals surface area contributed by atoms with Crippen LogP contribution in [0.4, 0.5) is 5.69 Å². The summed E-state index contributed by atoms with van der Waals surface area (Å²) < 4.78 is 68.1. The van der Waals surface area contributed by atoms with Gasteiger partial charge < -0.3 is 9.45 Å². The van der Waals surface area contributed by atoms with Crippen LogP contribution in [-0.2, 0) is 33.2 Å². The highest BCUT2D eigenvalue weighted by Gasteiger charge is 2.26. The van der Waals surface area contributed by atoms with Crippen molar-refractivity contribution in [1.82, 2.24) is 0 Å². The average molecular weight is 525 g/mol. The molecular weight excluding hydrogens is 505 g/mol. The second-order valence-corrected chi connectivity index (χ2v) is 12.5.